The lowest BCUT2D eigenvalue weighted by atomic mass is 10.2. The minimum atomic E-state index is -0.333. The molecule has 0 unspecified atom stereocenters. The Balaban J connectivity index is 1.55. The summed E-state index contributed by atoms with van der Waals surface area (Å²) in [5.74, 6) is -0.194. The lowest BCUT2D eigenvalue weighted by molar-refractivity contribution is -0.139. The van der Waals surface area contributed by atoms with Crippen LogP contribution in [0.1, 0.15) is 12.8 Å². The maximum absolute atomic E-state index is 13.0. The van der Waals surface area contributed by atoms with Crippen LogP contribution in [0, 0.1) is 0 Å². The summed E-state index contributed by atoms with van der Waals surface area (Å²) >= 11 is 0. The second kappa shape index (κ2) is 10.9. The van der Waals surface area contributed by atoms with E-state index >= 15 is 0 Å². The van der Waals surface area contributed by atoms with Crippen LogP contribution < -0.4 is 5.32 Å². The average Bonchev–Trinajstić information content (AvgIpc) is 3.50. The van der Waals surface area contributed by atoms with E-state index in [1.54, 1.807) is 0 Å². The molecule has 1 N–H and O–H groups in total. The molecule has 8 nitrogen and oxygen atoms in total. The Morgan fingerprint density at radius 2 is 1.88 bits per heavy atom. The zero-order valence-electron chi connectivity index (χ0n) is 18.6. The number of nitrogens with one attached hydrogen (secondary N) is 1. The summed E-state index contributed by atoms with van der Waals surface area (Å²) < 4.78 is 12.5. The second-order valence-corrected chi connectivity index (χ2v) is 7.91. The SMILES string of the molecule is COCC(=O)N(CC(=O)Nc1nc(-c2ccccc2)cn1-c1ccccc1)C[C@@H]1CCCO1. The third-order valence-electron chi connectivity index (χ3n) is 5.46. The number of carbonyl (C=O) groups excluding carboxylic acids is 2. The van der Waals surface area contributed by atoms with E-state index in [0.717, 1.165) is 29.8 Å². The molecule has 1 aliphatic rings. The Morgan fingerprint density at radius 3 is 2.55 bits per heavy atom. The van der Waals surface area contributed by atoms with E-state index in [1.165, 1.54) is 12.0 Å². The number of para-hydroxylation sites is 1. The number of methoxy groups -OCH3 is 1. The zero-order chi connectivity index (χ0) is 23.0. The van der Waals surface area contributed by atoms with Crippen molar-refractivity contribution >= 4 is 17.8 Å². The Kier molecular flexibility index (Phi) is 7.49. The largest absolute Gasteiger partial charge is 0.376 e. The first kappa shape index (κ1) is 22.7. The molecule has 0 saturated carbocycles. The fourth-order valence-electron chi connectivity index (χ4n) is 3.84. The van der Waals surface area contributed by atoms with Crippen LogP contribution in [-0.4, -0.2) is 65.8 Å². The summed E-state index contributed by atoms with van der Waals surface area (Å²) in [6.07, 6.45) is 3.66. The number of benzene rings is 2. The van der Waals surface area contributed by atoms with Gasteiger partial charge in [-0.05, 0) is 25.0 Å². The van der Waals surface area contributed by atoms with Gasteiger partial charge in [0.15, 0.2) is 0 Å². The molecule has 2 heterocycles. The van der Waals surface area contributed by atoms with Crippen LogP contribution in [0.4, 0.5) is 5.95 Å². The Hall–Kier alpha value is -3.49. The van der Waals surface area contributed by atoms with E-state index < -0.39 is 0 Å². The zero-order valence-corrected chi connectivity index (χ0v) is 18.6. The summed E-state index contributed by atoms with van der Waals surface area (Å²) in [4.78, 5) is 31.7. The fraction of sp³-hybridized carbons (Fsp3) is 0.320. The number of anilines is 1. The molecule has 33 heavy (non-hydrogen) atoms. The molecule has 1 aliphatic heterocycles. The van der Waals surface area contributed by atoms with E-state index in [2.05, 4.69) is 10.3 Å². The van der Waals surface area contributed by atoms with Gasteiger partial charge in [-0.3, -0.25) is 19.5 Å². The van der Waals surface area contributed by atoms with Crippen LogP contribution in [0.2, 0.25) is 0 Å². The maximum atomic E-state index is 13.0. The lowest BCUT2D eigenvalue weighted by Gasteiger charge is -2.24. The topological polar surface area (TPSA) is 85.7 Å². The monoisotopic (exact) mass is 448 g/mol. The van der Waals surface area contributed by atoms with Gasteiger partial charge in [-0.1, -0.05) is 48.5 Å². The number of amides is 2. The summed E-state index contributed by atoms with van der Waals surface area (Å²) in [5.41, 5.74) is 2.55. The van der Waals surface area contributed by atoms with E-state index in [0.29, 0.717) is 19.1 Å². The second-order valence-electron chi connectivity index (χ2n) is 7.91. The van der Waals surface area contributed by atoms with Crippen molar-refractivity contribution < 1.29 is 19.1 Å². The van der Waals surface area contributed by atoms with Gasteiger partial charge in [-0.25, -0.2) is 4.98 Å². The molecule has 3 aromatic rings. The molecule has 8 heteroatoms. The number of imidazole rings is 1. The van der Waals surface area contributed by atoms with E-state index in [1.807, 2.05) is 71.4 Å². The third kappa shape index (κ3) is 5.85. The first-order valence-corrected chi connectivity index (χ1v) is 11.0. The Labute approximate surface area is 193 Å². The minimum absolute atomic E-state index is 0.0606. The van der Waals surface area contributed by atoms with Gasteiger partial charge in [-0.2, -0.15) is 0 Å². The normalized spacial score (nSPS) is 15.4. The molecule has 1 saturated heterocycles. The minimum Gasteiger partial charge on any atom is -0.376 e. The molecule has 0 spiro atoms. The highest BCUT2D eigenvalue weighted by atomic mass is 16.5. The molecule has 2 aromatic carbocycles. The molecule has 172 valence electrons. The quantitative estimate of drug-likeness (QED) is 0.544. The van der Waals surface area contributed by atoms with Gasteiger partial charge < -0.3 is 14.4 Å². The molecule has 1 aromatic heterocycles. The van der Waals surface area contributed by atoms with Gasteiger partial charge >= 0.3 is 0 Å². The van der Waals surface area contributed by atoms with E-state index in [9.17, 15) is 9.59 Å². The van der Waals surface area contributed by atoms with Gasteiger partial charge in [-0.15, -0.1) is 0 Å². The number of aromatic nitrogens is 2. The Bertz CT molecular complexity index is 1060. The van der Waals surface area contributed by atoms with Crippen molar-refractivity contribution in [1.29, 1.82) is 0 Å². The highest BCUT2D eigenvalue weighted by molar-refractivity contribution is 5.94. The summed E-state index contributed by atoms with van der Waals surface area (Å²) in [6, 6.07) is 19.4. The number of ether oxygens (including phenoxy) is 2. The third-order valence-corrected chi connectivity index (χ3v) is 5.46. The number of carbonyl (C=O) groups is 2. The van der Waals surface area contributed by atoms with Gasteiger partial charge in [0.05, 0.1) is 11.8 Å². The molecule has 0 aliphatic carbocycles. The Morgan fingerprint density at radius 1 is 1.15 bits per heavy atom. The van der Waals surface area contributed by atoms with Gasteiger partial charge in [0.1, 0.15) is 13.2 Å². The van der Waals surface area contributed by atoms with Crippen LogP contribution in [-0.2, 0) is 19.1 Å². The average molecular weight is 449 g/mol. The molecule has 1 atom stereocenters. The number of hydrogen-bond acceptors (Lipinski definition) is 5. The van der Waals surface area contributed by atoms with Crippen molar-refractivity contribution in [1.82, 2.24) is 14.5 Å². The molecule has 0 bridgehead atoms. The molecule has 0 radical (unpaired) electrons. The van der Waals surface area contributed by atoms with Crippen molar-refractivity contribution in [3.05, 3.63) is 66.9 Å². The molecule has 4 rings (SSSR count). The van der Waals surface area contributed by atoms with Crippen molar-refractivity contribution in [3.63, 3.8) is 0 Å². The first-order valence-electron chi connectivity index (χ1n) is 11.0. The smallest absolute Gasteiger partial charge is 0.249 e. The van der Waals surface area contributed by atoms with E-state index in [-0.39, 0.29) is 31.1 Å². The van der Waals surface area contributed by atoms with Crippen LogP contribution in [0.15, 0.2) is 66.9 Å². The summed E-state index contributed by atoms with van der Waals surface area (Å²) in [5, 5.41) is 2.89. The van der Waals surface area contributed by atoms with Gasteiger partial charge in [0, 0.05) is 37.7 Å². The highest BCUT2D eigenvalue weighted by Crippen LogP contribution is 2.24. The number of hydrogen-bond donors (Lipinski definition) is 1. The van der Waals surface area contributed by atoms with Gasteiger partial charge in [0.25, 0.3) is 0 Å². The predicted octanol–water partition coefficient (Wildman–Crippen LogP) is 3.13. The molecular formula is C25H28N4O4. The highest BCUT2D eigenvalue weighted by Gasteiger charge is 2.25. The fourth-order valence-corrected chi connectivity index (χ4v) is 3.84. The number of rotatable bonds is 9. The van der Waals surface area contributed by atoms with Gasteiger partial charge in [0.2, 0.25) is 17.8 Å². The lowest BCUT2D eigenvalue weighted by Crippen LogP contribution is -2.44. The predicted molar refractivity (Wildman–Crippen MR) is 125 cm³/mol. The van der Waals surface area contributed by atoms with Crippen LogP contribution >= 0.6 is 0 Å². The standard InChI is InChI=1S/C25H28N4O4/c1-32-18-24(31)28(15-21-13-8-14-33-21)17-23(30)27-25-26-22(19-9-4-2-5-10-19)16-29(25)20-11-6-3-7-12-20/h2-7,9-12,16,21H,8,13-15,17-18H2,1H3,(H,26,27,30)/t21-/m0/s1. The molecule has 2 amide bonds. The van der Waals surface area contributed by atoms with Crippen molar-refractivity contribution in [2.45, 2.75) is 18.9 Å². The van der Waals surface area contributed by atoms with E-state index in [4.69, 9.17) is 9.47 Å². The summed E-state index contributed by atoms with van der Waals surface area (Å²) in [6.45, 7) is 0.846. The summed E-state index contributed by atoms with van der Waals surface area (Å²) in [7, 11) is 1.46. The van der Waals surface area contributed by atoms with Crippen molar-refractivity contribution in [2.75, 3.05) is 38.7 Å². The van der Waals surface area contributed by atoms with Crippen molar-refractivity contribution in [3.8, 4) is 16.9 Å². The molecular weight excluding hydrogens is 420 g/mol. The van der Waals surface area contributed by atoms with Crippen LogP contribution in [0.3, 0.4) is 0 Å². The van der Waals surface area contributed by atoms with Crippen molar-refractivity contribution in [2.24, 2.45) is 0 Å². The number of nitrogens with zero attached hydrogens (tertiary/aromatic N) is 3. The van der Waals surface area contributed by atoms with Crippen LogP contribution in [0.5, 0.6) is 0 Å². The maximum Gasteiger partial charge on any atom is 0.249 e. The van der Waals surface area contributed by atoms with Crippen LogP contribution in [0.25, 0.3) is 16.9 Å². The molecule has 1 fully saturated rings. The first-order chi connectivity index (χ1) is 16.1.